The molecule has 1 atom stereocenters. The van der Waals surface area contributed by atoms with Gasteiger partial charge in [-0.05, 0) is 51.2 Å². The number of hydrogen-bond acceptors (Lipinski definition) is 4. The van der Waals surface area contributed by atoms with E-state index in [0.717, 1.165) is 42.6 Å². The predicted octanol–water partition coefficient (Wildman–Crippen LogP) is 2.89. The molecule has 1 saturated heterocycles. The van der Waals surface area contributed by atoms with Crippen LogP contribution in [0.15, 0.2) is 30.0 Å². The molecular formula is C19H25N3O2. The molecule has 1 aliphatic rings. The van der Waals surface area contributed by atoms with Gasteiger partial charge in [0, 0.05) is 31.1 Å². The maximum absolute atomic E-state index is 12.4. The summed E-state index contributed by atoms with van der Waals surface area (Å²) in [6.45, 7) is 4.86. The summed E-state index contributed by atoms with van der Waals surface area (Å²) in [5, 5.41) is 21.4. The van der Waals surface area contributed by atoms with E-state index in [1.807, 2.05) is 43.0 Å². The number of rotatable bonds is 5. The van der Waals surface area contributed by atoms with E-state index in [1.54, 1.807) is 6.20 Å². The van der Waals surface area contributed by atoms with E-state index < -0.39 is 5.91 Å². The molecule has 1 fully saturated rings. The molecule has 1 amide bonds. The highest BCUT2D eigenvalue weighted by molar-refractivity contribution is 6.06. The van der Waals surface area contributed by atoms with Gasteiger partial charge in [0.05, 0.1) is 0 Å². The summed E-state index contributed by atoms with van der Waals surface area (Å²) in [7, 11) is 0. The highest BCUT2D eigenvalue weighted by atomic mass is 16.3. The second-order valence-electron chi connectivity index (χ2n) is 6.33. The van der Waals surface area contributed by atoms with Crippen LogP contribution in [0.4, 0.5) is 5.69 Å². The maximum atomic E-state index is 12.4. The van der Waals surface area contributed by atoms with Crippen LogP contribution in [0.3, 0.4) is 0 Å². The topological polar surface area (TPSA) is 76.4 Å². The number of carbonyl (C=O) groups is 1. The predicted molar refractivity (Wildman–Crippen MR) is 94.3 cm³/mol. The average molecular weight is 327 g/mol. The van der Waals surface area contributed by atoms with Gasteiger partial charge >= 0.3 is 0 Å². The molecule has 0 bridgehead atoms. The van der Waals surface area contributed by atoms with E-state index in [4.69, 9.17) is 0 Å². The van der Waals surface area contributed by atoms with Crippen molar-refractivity contribution < 1.29 is 9.90 Å². The number of aryl methyl sites for hydroxylation is 2. The van der Waals surface area contributed by atoms with E-state index in [1.165, 1.54) is 0 Å². The number of piperidine rings is 1. The van der Waals surface area contributed by atoms with Gasteiger partial charge in [0.15, 0.2) is 0 Å². The van der Waals surface area contributed by atoms with Gasteiger partial charge in [-0.15, -0.1) is 0 Å². The van der Waals surface area contributed by atoms with E-state index in [9.17, 15) is 15.2 Å². The molecule has 0 saturated carbocycles. The van der Waals surface area contributed by atoms with Gasteiger partial charge in [0.25, 0.3) is 5.91 Å². The number of carbonyl (C=O) groups excluding carboxylic acids is 1. The molecule has 2 rings (SSSR count). The molecule has 1 heterocycles. The maximum Gasteiger partial charge on any atom is 0.267 e. The normalized spacial score (nSPS) is 18.2. The molecule has 24 heavy (non-hydrogen) atoms. The third kappa shape index (κ3) is 4.59. The zero-order chi connectivity index (χ0) is 17.5. The lowest BCUT2D eigenvalue weighted by Crippen LogP contribution is -2.37. The Balaban J connectivity index is 2.14. The molecule has 0 spiro atoms. The Kier molecular flexibility index (Phi) is 6.39. The van der Waals surface area contributed by atoms with Crippen LogP contribution in [-0.4, -0.2) is 35.1 Å². The minimum absolute atomic E-state index is 0.0971. The molecule has 1 aromatic rings. The third-order valence-corrected chi connectivity index (χ3v) is 4.43. The number of likely N-dealkylation sites (tertiary alicyclic amines) is 1. The fraction of sp³-hybridized carbons (Fsp3) is 0.474. The van der Waals surface area contributed by atoms with E-state index in [-0.39, 0.29) is 18.2 Å². The molecular weight excluding hydrogens is 302 g/mol. The highest BCUT2D eigenvalue weighted by Gasteiger charge is 2.21. The van der Waals surface area contributed by atoms with E-state index in [2.05, 4.69) is 5.32 Å². The summed E-state index contributed by atoms with van der Waals surface area (Å²) in [4.78, 5) is 14.5. The number of anilines is 1. The molecule has 2 N–H and O–H groups in total. The largest absolute Gasteiger partial charge is 0.396 e. The summed E-state index contributed by atoms with van der Waals surface area (Å²) in [6, 6.07) is 7.98. The van der Waals surface area contributed by atoms with Crippen molar-refractivity contribution in [3.05, 3.63) is 41.1 Å². The standard InChI is InChI=1S/C19H25N3O2/c1-14-6-7-18(15(2)11-14)21-19(24)16(12-20)13-22-9-4-3-5-17(22)8-10-23/h6-7,11,13,17,23H,3-5,8-10H2,1-2H3,(H,21,24)/b16-13-. The van der Waals surface area contributed by atoms with Crippen LogP contribution in [0.25, 0.3) is 0 Å². The van der Waals surface area contributed by atoms with Crippen molar-refractivity contribution >= 4 is 11.6 Å². The van der Waals surface area contributed by atoms with E-state index in [0.29, 0.717) is 6.42 Å². The minimum atomic E-state index is -0.391. The average Bonchev–Trinajstić information content (AvgIpc) is 2.56. The molecule has 1 aromatic carbocycles. The number of aliphatic hydroxyl groups excluding tert-OH is 1. The molecule has 0 radical (unpaired) electrons. The first-order valence-electron chi connectivity index (χ1n) is 8.42. The van der Waals surface area contributed by atoms with Crippen LogP contribution < -0.4 is 5.32 Å². The lowest BCUT2D eigenvalue weighted by Gasteiger charge is -2.34. The van der Waals surface area contributed by atoms with Gasteiger partial charge in [0.2, 0.25) is 0 Å². The Bertz CT molecular complexity index is 659. The summed E-state index contributed by atoms with van der Waals surface area (Å²) in [5.41, 5.74) is 2.91. The molecule has 5 heteroatoms. The number of nitriles is 1. The van der Waals surface area contributed by atoms with Crippen molar-refractivity contribution in [3.63, 3.8) is 0 Å². The number of amides is 1. The van der Waals surface area contributed by atoms with Gasteiger partial charge in [-0.25, -0.2) is 0 Å². The lowest BCUT2D eigenvalue weighted by molar-refractivity contribution is -0.112. The number of aliphatic hydroxyl groups is 1. The fourth-order valence-corrected chi connectivity index (χ4v) is 3.10. The second-order valence-corrected chi connectivity index (χ2v) is 6.33. The van der Waals surface area contributed by atoms with Gasteiger partial charge in [-0.1, -0.05) is 17.7 Å². The first-order valence-corrected chi connectivity index (χ1v) is 8.42. The summed E-state index contributed by atoms with van der Waals surface area (Å²) < 4.78 is 0. The van der Waals surface area contributed by atoms with Crippen LogP contribution >= 0.6 is 0 Å². The quantitative estimate of drug-likeness (QED) is 0.644. The summed E-state index contributed by atoms with van der Waals surface area (Å²) >= 11 is 0. The monoisotopic (exact) mass is 327 g/mol. The zero-order valence-electron chi connectivity index (χ0n) is 14.4. The van der Waals surface area contributed by atoms with Crippen molar-refractivity contribution in [3.8, 4) is 6.07 Å². The smallest absolute Gasteiger partial charge is 0.267 e. The van der Waals surface area contributed by atoms with Gasteiger partial charge in [0.1, 0.15) is 11.6 Å². The minimum Gasteiger partial charge on any atom is -0.396 e. The van der Waals surface area contributed by atoms with Crippen molar-refractivity contribution in [1.82, 2.24) is 4.90 Å². The Hall–Kier alpha value is -2.32. The van der Waals surface area contributed by atoms with Crippen molar-refractivity contribution in [2.45, 2.75) is 45.6 Å². The molecule has 0 aromatic heterocycles. The Morgan fingerprint density at radius 2 is 2.25 bits per heavy atom. The third-order valence-electron chi connectivity index (χ3n) is 4.43. The SMILES string of the molecule is Cc1ccc(NC(=O)/C(C#N)=C\N2CCCCC2CCO)c(C)c1. The lowest BCUT2D eigenvalue weighted by atomic mass is 10.00. The van der Waals surface area contributed by atoms with Crippen molar-refractivity contribution in [1.29, 1.82) is 5.26 Å². The van der Waals surface area contributed by atoms with Gasteiger partial charge < -0.3 is 15.3 Å². The zero-order valence-corrected chi connectivity index (χ0v) is 14.4. The second kappa shape index (κ2) is 8.51. The first-order chi connectivity index (χ1) is 11.5. The first kappa shape index (κ1) is 18.0. The molecule has 1 unspecified atom stereocenters. The number of hydrogen-bond donors (Lipinski definition) is 2. The molecule has 0 aliphatic carbocycles. The number of nitrogens with zero attached hydrogens (tertiary/aromatic N) is 2. The summed E-state index contributed by atoms with van der Waals surface area (Å²) in [5.74, 6) is -0.391. The molecule has 128 valence electrons. The summed E-state index contributed by atoms with van der Waals surface area (Å²) in [6.07, 6.45) is 5.45. The van der Waals surface area contributed by atoms with Crippen LogP contribution in [-0.2, 0) is 4.79 Å². The van der Waals surface area contributed by atoms with Gasteiger partial charge in [-0.3, -0.25) is 4.79 Å². The fourth-order valence-electron chi connectivity index (χ4n) is 3.10. The van der Waals surface area contributed by atoms with Crippen LogP contribution in [0.5, 0.6) is 0 Å². The van der Waals surface area contributed by atoms with Crippen LogP contribution in [0, 0.1) is 25.2 Å². The number of benzene rings is 1. The molecule has 5 nitrogen and oxygen atoms in total. The number of nitrogens with one attached hydrogen (secondary N) is 1. The van der Waals surface area contributed by atoms with E-state index >= 15 is 0 Å². The van der Waals surface area contributed by atoms with Gasteiger partial charge in [-0.2, -0.15) is 5.26 Å². The highest BCUT2D eigenvalue weighted by Crippen LogP contribution is 2.21. The Labute approximate surface area is 143 Å². The van der Waals surface area contributed by atoms with Crippen molar-refractivity contribution in [2.75, 3.05) is 18.5 Å². The van der Waals surface area contributed by atoms with Crippen molar-refractivity contribution in [2.24, 2.45) is 0 Å². The van der Waals surface area contributed by atoms with Crippen LogP contribution in [0.1, 0.15) is 36.8 Å². The van der Waals surface area contributed by atoms with Crippen LogP contribution in [0.2, 0.25) is 0 Å². The Morgan fingerprint density at radius 1 is 1.46 bits per heavy atom. The molecule has 1 aliphatic heterocycles. The Morgan fingerprint density at radius 3 is 2.92 bits per heavy atom.